The number of aromatic nitrogens is 1. The Morgan fingerprint density at radius 3 is 2.52 bits per heavy atom. The summed E-state index contributed by atoms with van der Waals surface area (Å²) >= 11 is 7.45. The smallest absolute Gasteiger partial charge is 0.279 e. The number of rotatable bonds is 6. The van der Waals surface area contributed by atoms with Gasteiger partial charge in [0.15, 0.2) is 14.6 Å². The van der Waals surface area contributed by atoms with E-state index in [0.717, 1.165) is 10.2 Å². The van der Waals surface area contributed by atoms with Crippen LogP contribution in [0, 0.1) is 0 Å². The highest BCUT2D eigenvalue weighted by molar-refractivity contribution is 7.92. The second-order valence-electron chi connectivity index (χ2n) is 6.68. The van der Waals surface area contributed by atoms with E-state index in [2.05, 4.69) is 4.99 Å². The molecule has 3 aromatic rings. The average Bonchev–Trinajstić information content (AvgIpc) is 3.02. The molecule has 29 heavy (non-hydrogen) atoms. The van der Waals surface area contributed by atoms with Crippen LogP contribution in [0.4, 0.5) is 0 Å². The number of amides is 1. The van der Waals surface area contributed by atoms with Gasteiger partial charge in [-0.05, 0) is 56.3 Å². The maximum absolute atomic E-state index is 12.7. The topological polar surface area (TPSA) is 77.7 Å². The van der Waals surface area contributed by atoms with E-state index < -0.39 is 21.0 Å². The highest BCUT2D eigenvalue weighted by atomic mass is 35.5. The zero-order chi connectivity index (χ0) is 21.2. The first-order chi connectivity index (χ1) is 13.7. The van der Waals surface area contributed by atoms with Gasteiger partial charge >= 0.3 is 0 Å². The minimum absolute atomic E-state index is 0.190. The van der Waals surface area contributed by atoms with E-state index in [1.54, 1.807) is 27.0 Å². The molecule has 0 spiro atoms. The van der Waals surface area contributed by atoms with Gasteiger partial charge in [0, 0.05) is 24.2 Å². The fourth-order valence-corrected chi connectivity index (χ4v) is 5.13. The van der Waals surface area contributed by atoms with Crippen molar-refractivity contribution in [3.63, 3.8) is 0 Å². The van der Waals surface area contributed by atoms with Gasteiger partial charge < -0.3 is 9.30 Å². The molecule has 0 aliphatic carbocycles. The number of benzene rings is 2. The number of halogens is 1. The third-order valence-corrected chi connectivity index (χ3v) is 7.86. The maximum Gasteiger partial charge on any atom is 0.279 e. The molecule has 0 atom stereocenters. The van der Waals surface area contributed by atoms with Crippen molar-refractivity contribution in [1.29, 1.82) is 0 Å². The van der Waals surface area contributed by atoms with Crippen LogP contribution < -0.4 is 4.80 Å². The number of thiazole rings is 1. The molecule has 0 fully saturated rings. The summed E-state index contributed by atoms with van der Waals surface area (Å²) in [7, 11) is -1.78. The molecule has 0 N–H and O–H groups in total. The molecule has 154 valence electrons. The summed E-state index contributed by atoms with van der Waals surface area (Å²) in [6, 6.07) is 11.4. The summed E-state index contributed by atoms with van der Waals surface area (Å²) in [5.74, 6) is -0.442. The van der Waals surface area contributed by atoms with E-state index >= 15 is 0 Å². The molecule has 1 aromatic heterocycles. The van der Waals surface area contributed by atoms with Crippen molar-refractivity contribution in [3.8, 4) is 0 Å². The molecule has 6 nitrogen and oxygen atoms in total. The van der Waals surface area contributed by atoms with Crippen LogP contribution in [0.5, 0.6) is 0 Å². The second kappa shape index (κ2) is 8.79. The van der Waals surface area contributed by atoms with Crippen molar-refractivity contribution < 1.29 is 17.9 Å². The lowest BCUT2D eigenvalue weighted by Gasteiger charge is -2.07. The largest absolute Gasteiger partial charge is 0.383 e. The number of hydrogen-bond acceptors (Lipinski definition) is 5. The normalized spacial score (nSPS) is 12.8. The van der Waals surface area contributed by atoms with E-state index in [1.807, 2.05) is 16.7 Å². The molecular formula is C20H21ClN2O4S2. The van der Waals surface area contributed by atoms with Gasteiger partial charge in [-0.25, -0.2) is 8.42 Å². The Bertz CT molecular complexity index is 1210. The number of fused-ring (bicyclic) bond motifs is 1. The van der Waals surface area contributed by atoms with Crippen LogP contribution in [-0.4, -0.2) is 37.9 Å². The Kier molecular flexibility index (Phi) is 6.58. The monoisotopic (exact) mass is 452 g/mol. The van der Waals surface area contributed by atoms with E-state index in [1.165, 1.54) is 35.6 Å². The molecule has 3 rings (SSSR count). The van der Waals surface area contributed by atoms with E-state index in [9.17, 15) is 13.2 Å². The minimum Gasteiger partial charge on any atom is -0.383 e. The molecule has 0 aliphatic rings. The fraction of sp³-hybridized carbons (Fsp3) is 0.300. The van der Waals surface area contributed by atoms with Crippen molar-refractivity contribution in [2.75, 3.05) is 13.7 Å². The lowest BCUT2D eigenvalue weighted by atomic mass is 10.2. The van der Waals surface area contributed by atoms with Crippen LogP contribution in [0.1, 0.15) is 24.2 Å². The number of nitrogens with zero attached hydrogens (tertiary/aromatic N) is 2. The SMILES string of the molecule is COCCn1c(=NC(=O)c2ccc(S(=O)(=O)C(C)C)cc2)sc2cc(Cl)ccc21. The fourth-order valence-electron chi connectivity index (χ4n) is 2.74. The first-order valence-electron chi connectivity index (χ1n) is 8.95. The summed E-state index contributed by atoms with van der Waals surface area (Å²) < 4.78 is 32.5. The van der Waals surface area contributed by atoms with Gasteiger partial charge in [0.25, 0.3) is 5.91 Å². The third kappa shape index (κ3) is 4.61. The molecule has 1 amide bonds. The predicted molar refractivity (Wildman–Crippen MR) is 115 cm³/mol. The number of sulfone groups is 1. The van der Waals surface area contributed by atoms with Crippen molar-refractivity contribution in [1.82, 2.24) is 4.57 Å². The number of ether oxygens (including phenoxy) is 1. The van der Waals surface area contributed by atoms with Crippen LogP contribution in [0.3, 0.4) is 0 Å². The molecule has 0 bridgehead atoms. The molecule has 0 saturated carbocycles. The van der Waals surface area contributed by atoms with Gasteiger partial charge in [-0.1, -0.05) is 22.9 Å². The molecule has 0 saturated heterocycles. The molecule has 0 aliphatic heterocycles. The number of hydrogen-bond donors (Lipinski definition) is 0. The quantitative estimate of drug-likeness (QED) is 0.567. The maximum atomic E-state index is 12.7. The standard InChI is InChI=1S/C20H21ClN2O4S2/c1-13(2)29(25,26)16-7-4-14(5-8-16)19(24)22-20-23(10-11-27-3)17-9-6-15(21)12-18(17)28-20/h4-9,12-13H,10-11H2,1-3H3. The zero-order valence-corrected chi connectivity index (χ0v) is 18.6. The van der Waals surface area contributed by atoms with Gasteiger partial charge in [-0.3, -0.25) is 4.79 Å². The summed E-state index contributed by atoms with van der Waals surface area (Å²) in [5.41, 5.74) is 1.24. The molecule has 0 unspecified atom stereocenters. The summed E-state index contributed by atoms with van der Waals surface area (Å²) in [6.07, 6.45) is 0. The van der Waals surface area contributed by atoms with Crippen molar-refractivity contribution in [2.45, 2.75) is 30.5 Å². The molecule has 1 heterocycles. The molecule has 2 aromatic carbocycles. The van der Waals surface area contributed by atoms with E-state index in [4.69, 9.17) is 16.3 Å². The van der Waals surface area contributed by atoms with Crippen LogP contribution in [0.25, 0.3) is 10.2 Å². The van der Waals surface area contributed by atoms with Crippen molar-refractivity contribution >= 4 is 48.9 Å². The summed E-state index contributed by atoms with van der Waals surface area (Å²) in [5, 5.41) is 0.0799. The lowest BCUT2D eigenvalue weighted by Crippen LogP contribution is -2.19. The van der Waals surface area contributed by atoms with Gasteiger partial charge in [0.2, 0.25) is 0 Å². The highest BCUT2D eigenvalue weighted by Gasteiger charge is 2.19. The molecule has 0 radical (unpaired) electrons. The second-order valence-corrected chi connectivity index (χ2v) is 10.6. The Morgan fingerprint density at radius 2 is 1.90 bits per heavy atom. The van der Waals surface area contributed by atoms with Crippen LogP contribution in [-0.2, 0) is 21.1 Å². The van der Waals surface area contributed by atoms with Crippen LogP contribution >= 0.6 is 22.9 Å². The summed E-state index contributed by atoms with van der Waals surface area (Å²) in [6.45, 7) is 4.25. The predicted octanol–water partition coefficient (Wildman–Crippen LogP) is 3.93. The highest BCUT2D eigenvalue weighted by Crippen LogP contribution is 2.22. The lowest BCUT2D eigenvalue weighted by molar-refractivity contribution is 0.0997. The summed E-state index contributed by atoms with van der Waals surface area (Å²) in [4.78, 5) is 17.7. The van der Waals surface area contributed by atoms with Gasteiger partial charge in [-0.15, -0.1) is 0 Å². The Labute approximate surface area is 178 Å². The Hall–Kier alpha value is -2.00. The van der Waals surface area contributed by atoms with Gasteiger partial charge in [-0.2, -0.15) is 4.99 Å². The number of methoxy groups -OCH3 is 1. The number of carbonyl (C=O) groups is 1. The zero-order valence-electron chi connectivity index (χ0n) is 16.3. The average molecular weight is 453 g/mol. The third-order valence-electron chi connectivity index (χ3n) is 4.41. The Balaban J connectivity index is 2.01. The van der Waals surface area contributed by atoms with Crippen LogP contribution in [0.15, 0.2) is 52.4 Å². The van der Waals surface area contributed by atoms with E-state index in [0.29, 0.717) is 28.5 Å². The minimum atomic E-state index is -3.39. The molecular weight excluding hydrogens is 432 g/mol. The van der Waals surface area contributed by atoms with Gasteiger partial charge in [0.1, 0.15) is 0 Å². The van der Waals surface area contributed by atoms with Crippen LogP contribution in [0.2, 0.25) is 5.02 Å². The van der Waals surface area contributed by atoms with Gasteiger partial charge in [0.05, 0.1) is 27.0 Å². The van der Waals surface area contributed by atoms with Crippen molar-refractivity contribution in [2.24, 2.45) is 4.99 Å². The number of carbonyl (C=O) groups excluding carboxylic acids is 1. The first kappa shape index (κ1) is 21.7. The first-order valence-corrected chi connectivity index (χ1v) is 11.7. The van der Waals surface area contributed by atoms with Crippen molar-refractivity contribution in [3.05, 3.63) is 57.9 Å². The van der Waals surface area contributed by atoms with E-state index in [-0.39, 0.29) is 4.90 Å². The molecule has 9 heteroatoms. The Morgan fingerprint density at radius 1 is 1.21 bits per heavy atom.